The summed E-state index contributed by atoms with van der Waals surface area (Å²) in [6.45, 7) is 3.62. The minimum atomic E-state index is -0.342. The Morgan fingerprint density at radius 3 is 1.54 bits per heavy atom. The van der Waals surface area contributed by atoms with E-state index >= 15 is 0 Å². The van der Waals surface area contributed by atoms with Gasteiger partial charge in [0, 0.05) is 25.0 Å². The predicted octanol–water partition coefficient (Wildman–Crippen LogP) is 6.74. The molecule has 6 N–H and O–H groups in total. The second-order valence-corrected chi connectivity index (χ2v) is 13.4. The number of carbonyl (C=O) groups is 2. The van der Waals surface area contributed by atoms with Crippen molar-refractivity contribution < 1.29 is 9.59 Å². The Labute approximate surface area is 341 Å². The summed E-state index contributed by atoms with van der Waals surface area (Å²) in [5, 5.41) is 1.19. The maximum Gasteiger partial charge on any atom is 0.224 e. The molecular weight excluding hydrogens is 773 g/mol. The zero-order valence-electron chi connectivity index (χ0n) is 30.2. The van der Waals surface area contributed by atoms with Gasteiger partial charge in [-0.25, -0.2) is 39.9 Å². The fraction of sp³-hybridized carbons (Fsp3) is 0.250. The Morgan fingerprint density at radius 2 is 1.07 bits per heavy atom. The molecule has 16 heteroatoms. The molecule has 0 aliphatic rings. The van der Waals surface area contributed by atoms with Gasteiger partial charge in [0.1, 0.15) is 18.5 Å². The fourth-order valence-electron chi connectivity index (χ4n) is 5.35. The van der Waals surface area contributed by atoms with Crippen LogP contribution in [0.5, 0.6) is 0 Å². The summed E-state index contributed by atoms with van der Waals surface area (Å²) in [4.78, 5) is 55.1. The Kier molecular flexibility index (Phi) is 18.1. The van der Waals surface area contributed by atoms with Gasteiger partial charge in [-0.2, -0.15) is 0 Å². The molecule has 13 nitrogen and oxygen atoms in total. The van der Waals surface area contributed by atoms with Crippen LogP contribution in [0.1, 0.15) is 78.1 Å². The zero-order chi connectivity index (χ0) is 39.7. The Balaban J connectivity index is 0.000000257. The first kappa shape index (κ1) is 44.8. The summed E-state index contributed by atoms with van der Waals surface area (Å²) in [5.74, 6) is -0.676. The number of primary amides is 2. The second kappa shape index (κ2) is 22.7. The van der Waals surface area contributed by atoms with Crippen molar-refractivity contribution in [2.45, 2.75) is 65.2 Å². The van der Waals surface area contributed by atoms with E-state index in [4.69, 9.17) is 52.0 Å². The van der Waals surface area contributed by atoms with Crippen LogP contribution in [-0.2, 0) is 41.7 Å². The first-order valence-corrected chi connectivity index (χ1v) is 18.2. The van der Waals surface area contributed by atoms with Gasteiger partial charge >= 0.3 is 0 Å². The van der Waals surface area contributed by atoms with Crippen LogP contribution in [0, 0.1) is 0 Å². The topological polar surface area (TPSA) is 215 Å². The molecule has 0 spiro atoms. The quantitative estimate of drug-likeness (QED) is 0.110. The number of hydrogen-bond donors (Lipinski definition) is 3. The van der Waals surface area contributed by atoms with Crippen molar-refractivity contribution in [1.82, 2.24) is 39.9 Å². The number of halogens is 3. The number of nitrogen functional groups attached to an aromatic ring is 1. The average Bonchev–Trinajstić information content (AvgIpc) is 3.19. The molecule has 0 radical (unpaired) electrons. The SMILES string of the molecule is C.CC(C(N)=O)c1ccccc1CCc1nc(Cc2cncnc2)ncc1Cl.CC(C(N)=O)c1ccccc1CCc1nc(Cl)ncc1Cl.Nc1cncnc1. The van der Waals surface area contributed by atoms with E-state index in [1.807, 2.05) is 55.5 Å². The highest BCUT2D eigenvalue weighted by Gasteiger charge is 2.17. The highest BCUT2D eigenvalue weighted by atomic mass is 35.5. The highest BCUT2D eigenvalue weighted by Crippen LogP contribution is 2.24. The molecule has 4 aromatic heterocycles. The Bertz CT molecular complexity index is 2160. The number of nitrogens with zero attached hydrogens (tertiary/aromatic N) is 8. The van der Waals surface area contributed by atoms with Crippen LogP contribution in [-0.4, -0.2) is 51.7 Å². The summed E-state index contributed by atoms with van der Waals surface area (Å²) in [6, 6.07) is 15.5. The third-order valence-electron chi connectivity index (χ3n) is 8.37. The summed E-state index contributed by atoms with van der Waals surface area (Å²) >= 11 is 18.1. The molecule has 0 aliphatic heterocycles. The van der Waals surface area contributed by atoms with Gasteiger partial charge in [0.2, 0.25) is 17.1 Å². The van der Waals surface area contributed by atoms with Gasteiger partial charge in [0.25, 0.3) is 0 Å². The van der Waals surface area contributed by atoms with Crippen LogP contribution in [0.25, 0.3) is 0 Å². The van der Waals surface area contributed by atoms with Gasteiger partial charge in [-0.3, -0.25) is 9.59 Å². The van der Waals surface area contributed by atoms with Crippen LogP contribution in [0.15, 0.2) is 98.4 Å². The van der Waals surface area contributed by atoms with Crippen LogP contribution in [0.2, 0.25) is 15.3 Å². The number of benzene rings is 2. The van der Waals surface area contributed by atoms with Gasteiger partial charge in [-0.1, -0.05) is 79.2 Å². The maximum absolute atomic E-state index is 11.6. The normalized spacial score (nSPS) is 11.4. The lowest BCUT2D eigenvalue weighted by atomic mass is 9.92. The molecule has 2 aromatic carbocycles. The summed E-state index contributed by atoms with van der Waals surface area (Å²) in [5.41, 5.74) is 23.1. The molecule has 2 amide bonds. The zero-order valence-corrected chi connectivity index (χ0v) is 32.5. The number of hydrogen-bond acceptors (Lipinski definition) is 11. The lowest BCUT2D eigenvalue weighted by Crippen LogP contribution is -2.20. The summed E-state index contributed by atoms with van der Waals surface area (Å²) in [7, 11) is 0. The molecular formula is C40H44Cl3N11O2. The molecule has 0 bridgehead atoms. The van der Waals surface area contributed by atoms with Gasteiger partial charge in [0.15, 0.2) is 0 Å². The van der Waals surface area contributed by atoms with E-state index < -0.39 is 0 Å². The molecule has 2 unspecified atom stereocenters. The smallest absolute Gasteiger partial charge is 0.224 e. The molecule has 0 fully saturated rings. The molecule has 6 aromatic rings. The number of nitrogens with two attached hydrogens (primary N) is 3. The fourth-order valence-corrected chi connectivity index (χ4v) is 5.88. The monoisotopic (exact) mass is 815 g/mol. The second-order valence-electron chi connectivity index (χ2n) is 12.3. The lowest BCUT2D eigenvalue weighted by molar-refractivity contribution is -0.119. The molecule has 4 heterocycles. The Hall–Kier alpha value is -5.63. The van der Waals surface area contributed by atoms with Crippen molar-refractivity contribution in [3.63, 3.8) is 0 Å². The van der Waals surface area contributed by atoms with Crippen molar-refractivity contribution in [3.05, 3.63) is 159 Å². The van der Waals surface area contributed by atoms with Crippen LogP contribution in [0.3, 0.4) is 0 Å². The van der Waals surface area contributed by atoms with Gasteiger partial charge < -0.3 is 17.2 Å². The van der Waals surface area contributed by atoms with Crippen molar-refractivity contribution in [2.24, 2.45) is 11.5 Å². The van der Waals surface area contributed by atoms with E-state index in [0.29, 0.717) is 59.4 Å². The summed E-state index contributed by atoms with van der Waals surface area (Å²) < 4.78 is 0. The van der Waals surface area contributed by atoms with Gasteiger partial charge in [-0.15, -0.1) is 0 Å². The van der Waals surface area contributed by atoms with E-state index in [-0.39, 0.29) is 36.4 Å². The third-order valence-corrected chi connectivity index (χ3v) is 9.18. The number of amides is 2. The van der Waals surface area contributed by atoms with Crippen LogP contribution in [0.4, 0.5) is 5.69 Å². The van der Waals surface area contributed by atoms with E-state index in [0.717, 1.165) is 33.5 Å². The third kappa shape index (κ3) is 13.9. The molecule has 0 aliphatic carbocycles. The Morgan fingerprint density at radius 1 is 0.625 bits per heavy atom. The lowest BCUT2D eigenvalue weighted by Gasteiger charge is -2.14. The molecule has 292 valence electrons. The number of anilines is 1. The minimum Gasteiger partial charge on any atom is -0.396 e. The largest absolute Gasteiger partial charge is 0.396 e. The van der Waals surface area contributed by atoms with E-state index in [2.05, 4.69) is 39.9 Å². The van der Waals surface area contributed by atoms with Gasteiger partial charge in [-0.05, 0) is 78.9 Å². The first-order valence-electron chi connectivity index (χ1n) is 17.1. The number of aryl methyl sites for hydroxylation is 4. The standard InChI is InChI=1S/C20H20ClN5O.C15H15Cl2N3O.C4H5N3.CH4/c1-13(20(22)27)16-5-3-2-4-15(16)6-7-18-17(21)11-25-19(26-18)8-14-9-23-12-24-10-14;1-9(14(18)21)11-5-3-2-4-10(11)6-7-13-12(16)8-19-15(17)20-13;5-4-1-6-3-7-2-4;/h2-5,9-13H,6-8H2,1H3,(H2,22,27);2-5,8-9H,6-7H2,1H3,(H2,18,21);1-3H,5H2;1H4. The average molecular weight is 817 g/mol. The number of carbonyl (C=O) groups excluding carboxylic acids is 2. The number of rotatable bonds is 12. The van der Waals surface area contributed by atoms with E-state index in [9.17, 15) is 9.59 Å². The van der Waals surface area contributed by atoms with Crippen molar-refractivity contribution in [3.8, 4) is 0 Å². The molecule has 56 heavy (non-hydrogen) atoms. The number of aromatic nitrogens is 8. The molecule has 2 atom stereocenters. The predicted molar refractivity (Wildman–Crippen MR) is 220 cm³/mol. The minimum absolute atomic E-state index is 0. The van der Waals surface area contributed by atoms with Crippen molar-refractivity contribution in [2.75, 3.05) is 5.73 Å². The molecule has 0 saturated carbocycles. The molecule has 0 saturated heterocycles. The van der Waals surface area contributed by atoms with Crippen LogP contribution >= 0.6 is 34.8 Å². The van der Waals surface area contributed by atoms with E-state index in [1.165, 1.54) is 18.9 Å². The maximum atomic E-state index is 11.6. The van der Waals surface area contributed by atoms with Crippen molar-refractivity contribution >= 4 is 52.3 Å². The molecule has 6 rings (SSSR count). The van der Waals surface area contributed by atoms with Crippen molar-refractivity contribution in [1.29, 1.82) is 0 Å². The van der Waals surface area contributed by atoms with Gasteiger partial charge in [0.05, 0.1) is 57.5 Å². The van der Waals surface area contributed by atoms with Crippen LogP contribution < -0.4 is 17.2 Å². The summed E-state index contributed by atoms with van der Waals surface area (Å²) in [6.07, 6.45) is 15.8. The highest BCUT2D eigenvalue weighted by molar-refractivity contribution is 6.32. The first-order chi connectivity index (χ1) is 26.4. The van der Waals surface area contributed by atoms with E-state index in [1.54, 1.807) is 37.9 Å².